The minimum absolute atomic E-state index is 0.453. The molecule has 0 amide bonds. The highest BCUT2D eigenvalue weighted by Crippen LogP contribution is 2.55. The van der Waals surface area contributed by atoms with Gasteiger partial charge in [-0.05, 0) is 42.9 Å². The van der Waals surface area contributed by atoms with Gasteiger partial charge in [-0.15, -0.1) is 0 Å². The smallest absolute Gasteiger partial charge is 0.154 e. The van der Waals surface area contributed by atoms with Crippen LogP contribution in [-0.2, 0) is 4.74 Å². The zero-order valence-corrected chi connectivity index (χ0v) is 7.28. The van der Waals surface area contributed by atoms with E-state index in [0.29, 0.717) is 0 Å². The van der Waals surface area contributed by atoms with Crippen LogP contribution in [0.25, 0.3) is 0 Å². The van der Waals surface area contributed by atoms with E-state index >= 15 is 0 Å². The molecule has 3 aliphatic rings. The van der Waals surface area contributed by atoms with Crippen LogP contribution in [0.3, 0.4) is 0 Å². The molecular weight excluding hydrogens is 152 g/mol. The molecule has 3 fully saturated rings. The average molecular weight is 168 g/mol. The van der Waals surface area contributed by atoms with E-state index in [1.54, 1.807) is 0 Å². The first kappa shape index (κ1) is 7.34. The van der Waals surface area contributed by atoms with E-state index in [0.717, 1.165) is 36.7 Å². The van der Waals surface area contributed by atoms with Gasteiger partial charge in [0.15, 0.2) is 6.29 Å². The summed E-state index contributed by atoms with van der Waals surface area (Å²) in [5.74, 6) is 3.46. The van der Waals surface area contributed by atoms with Crippen molar-refractivity contribution in [3.8, 4) is 0 Å². The Labute approximate surface area is 72.9 Å². The van der Waals surface area contributed by atoms with E-state index in [9.17, 15) is 5.11 Å². The molecule has 0 aromatic rings. The predicted octanol–water partition coefficient (Wildman–Crippen LogP) is 1.39. The first-order valence-electron chi connectivity index (χ1n) is 5.14. The second kappa shape index (κ2) is 2.46. The van der Waals surface area contributed by atoms with Gasteiger partial charge >= 0.3 is 0 Å². The van der Waals surface area contributed by atoms with Gasteiger partial charge in [0.1, 0.15) is 0 Å². The highest BCUT2D eigenvalue weighted by atomic mass is 16.6. The van der Waals surface area contributed by atoms with Crippen molar-refractivity contribution in [1.29, 1.82) is 0 Å². The van der Waals surface area contributed by atoms with Crippen molar-refractivity contribution >= 4 is 0 Å². The topological polar surface area (TPSA) is 29.5 Å². The number of hydrogen-bond acceptors (Lipinski definition) is 2. The quantitative estimate of drug-likeness (QED) is 0.592. The average Bonchev–Trinajstić information content (AvgIpc) is 2.63. The first-order chi connectivity index (χ1) is 5.84. The van der Waals surface area contributed by atoms with Crippen molar-refractivity contribution in [2.45, 2.75) is 32.0 Å². The summed E-state index contributed by atoms with van der Waals surface area (Å²) < 4.78 is 5.30. The van der Waals surface area contributed by atoms with Crippen molar-refractivity contribution in [3.05, 3.63) is 0 Å². The molecular formula is C10H16O2. The van der Waals surface area contributed by atoms with Crippen LogP contribution in [0, 0.1) is 23.7 Å². The number of fused-ring (bicyclic) bond motifs is 5. The van der Waals surface area contributed by atoms with Crippen molar-refractivity contribution in [3.63, 3.8) is 0 Å². The van der Waals surface area contributed by atoms with Crippen LogP contribution in [0.2, 0.25) is 0 Å². The maximum absolute atomic E-state index is 9.36. The van der Waals surface area contributed by atoms with E-state index in [1.165, 1.54) is 19.3 Å². The fourth-order valence-electron chi connectivity index (χ4n) is 3.68. The second-order valence-corrected chi connectivity index (χ2v) is 4.68. The SMILES string of the molecule is OC1CC2C3CCC(C3)C2CO1. The molecule has 0 radical (unpaired) electrons. The third-order valence-corrected chi connectivity index (χ3v) is 4.23. The van der Waals surface area contributed by atoms with Crippen LogP contribution in [0.15, 0.2) is 0 Å². The molecule has 3 rings (SSSR count). The molecule has 1 heterocycles. The van der Waals surface area contributed by atoms with Crippen molar-refractivity contribution in [1.82, 2.24) is 0 Å². The Morgan fingerprint density at radius 2 is 1.75 bits per heavy atom. The lowest BCUT2D eigenvalue weighted by molar-refractivity contribution is -0.166. The Morgan fingerprint density at radius 3 is 2.58 bits per heavy atom. The summed E-state index contributed by atoms with van der Waals surface area (Å²) in [6, 6.07) is 0. The van der Waals surface area contributed by atoms with Crippen molar-refractivity contribution < 1.29 is 9.84 Å². The number of aliphatic hydroxyl groups is 1. The maximum Gasteiger partial charge on any atom is 0.154 e. The lowest BCUT2D eigenvalue weighted by Crippen LogP contribution is -2.36. The van der Waals surface area contributed by atoms with Gasteiger partial charge in [-0.2, -0.15) is 0 Å². The minimum atomic E-state index is -0.453. The fraction of sp³-hybridized carbons (Fsp3) is 1.00. The third-order valence-electron chi connectivity index (χ3n) is 4.23. The van der Waals surface area contributed by atoms with Crippen LogP contribution in [0.5, 0.6) is 0 Å². The maximum atomic E-state index is 9.36. The molecule has 0 aromatic carbocycles. The standard InChI is InChI=1S/C10H16O2/c11-10-4-8-6-1-2-7(3-6)9(8)5-12-10/h6-11H,1-5H2. The number of rotatable bonds is 0. The van der Waals surface area contributed by atoms with Crippen LogP contribution < -0.4 is 0 Å². The number of aliphatic hydroxyl groups excluding tert-OH is 1. The van der Waals surface area contributed by atoms with Gasteiger partial charge in [0.2, 0.25) is 0 Å². The van der Waals surface area contributed by atoms with Gasteiger partial charge in [-0.1, -0.05) is 0 Å². The molecule has 1 aliphatic heterocycles. The van der Waals surface area contributed by atoms with E-state index in [1.807, 2.05) is 0 Å². The van der Waals surface area contributed by atoms with Gasteiger partial charge in [-0.3, -0.25) is 0 Å². The normalized spacial score (nSPS) is 57.2. The number of hydrogen-bond donors (Lipinski definition) is 1. The van der Waals surface area contributed by atoms with Gasteiger partial charge < -0.3 is 9.84 Å². The first-order valence-corrected chi connectivity index (χ1v) is 5.14. The summed E-state index contributed by atoms with van der Waals surface area (Å²) in [4.78, 5) is 0. The Hall–Kier alpha value is -0.0800. The Kier molecular flexibility index (Phi) is 1.50. The Balaban J connectivity index is 1.81. The van der Waals surface area contributed by atoms with E-state index in [2.05, 4.69) is 0 Å². The summed E-state index contributed by atoms with van der Waals surface area (Å²) in [7, 11) is 0. The van der Waals surface area contributed by atoms with E-state index in [4.69, 9.17) is 4.74 Å². The largest absolute Gasteiger partial charge is 0.368 e. The Morgan fingerprint density at radius 1 is 1.00 bits per heavy atom. The molecule has 68 valence electrons. The summed E-state index contributed by atoms with van der Waals surface area (Å²) >= 11 is 0. The van der Waals surface area contributed by atoms with Crippen molar-refractivity contribution in [2.24, 2.45) is 23.7 Å². The zero-order valence-electron chi connectivity index (χ0n) is 7.28. The van der Waals surface area contributed by atoms with Crippen LogP contribution in [0.4, 0.5) is 0 Å². The van der Waals surface area contributed by atoms with Crippen LogP contribution in [-0.4, -0.2) is 18.0 Å². The summed E-state index contributed by atoms with van der Waals surface area (Å²) in [5, 5.41) is 9.36. The van der Waals surface area contributed by atoms with Crippen LogP contribution in [0.1, 0.15) is 25.7 Å². The lowest BCUT2D eigenvalue weighted by atomic mass is 9.76. The highest BCUT2D eigenvalue weighted by molar-refractivity contribution is 4.97. The molecule has 2 bridgehead atoms. The monoisotopic (exact) mass is 168 g/mol. The molecule has 12 heavy (non-hydrogen) atoms. The molecule has 5 unspecified atom stereocenters. The molecule has 2 nitrogen and oxygen atoms in total. The minimum Gasteiger partial charge on any atom is -0.368 e. The molecule has 0 spiro atoms. The third kappa shape index (κ3) is 0.882. The van der Waals surface area contributed by atoms with Crippen molar-refractivity contribution in [2.75, 3.05) is 6.61 Å². The Bertz CT molecular complexity index is 192. The summed E-state index contributed by atoms with van der Waals surface area (Å²) in [5.41, 5.74) is 0. The summed E-state index contributed by atoms with van der Waals surface area (Å²) in [6.07, 6.45) is 4.71. The molecule has 0 aromatic heterocycles. The van der Waals surface area contributed by atoms with E-state index < -0.39 is 6.29 Å². The predicted molar refractivity (Wildman–Crippen MR) is 44.4 cm³/mol. The van der Waals surface area contributed by atoms with Gasteiger partial charge in [-0.25, -0.2) is 0 Å². The molecule has 1 N–H and O–H groups in total. The summed E-state index contributed by atoms with van der Waals surface area (Å²) in [6.45, 7) is 0.826. The molecule has 2 saturated carbocycles. The molecule has 2 heteroatoms. The second-order valence-electron chi connectivity index (χ2n) is 4.68. The van der Waals surface area contributed by atoms with Gasteiger partial charge in [0.25, 0.3) is 0 Å². The van der Waals surface area contributed by atoms with Gasteiger partial charge in [0, 0.05) is 6.42 Å². The number of ether oxygens (including phenoxy) is 1. The zero-order chi connectivity index (χ0) is 8.13. The van der Waals surface area contributed by atoms with Gasteiger partial charge in [0.05, 0.1) is 6.61 Å². The lowest BCUT2D eigenvalue weighted by Gasteiger charge is -2.36. The molecule has 1 saturated heterocycles. The highest BCUT2D eigenvalue weighted by Gasteiger charge is 2.49. The van der Waals surface area contributed by atoms with Crippen LogP contribution >= 0.6 is 0 Å². The molecule has 5 atom stereocenters. The van der Waals surface area contributed by atoms with E-state index in [-0.39, 0.29) is 0 Å². The fourth-order valence-corrected chi connectivity index (χ4v) is 3.68. The molecule has 2 aliphatic carbocycles.